The number of hydrogen-bond donors (Lipinski definition) is 4. The molecule has 27 heavy (non-hydrogen) atoms. The van der Waals surface area contributed by atoms with Crippen molar-refractivity contribution in [2.24, 2.45) is 0 Å². The number of benzene rings is 1. The van der Waals surface area contributed by atoms with Gasteiger partial charge in [0.1, 0.15) is 4.90 Å². The smallest absolute Gasteiger partial charge is 0.394 e. The molecular weight excluding hydrogens is 396 g/mol. The van der Waals surface area contributed by atoms with Crippen molar-refractivity contribution < 1.29 is 31.0 Å². The van der Waals surface area contributed by atoms with E-state index in [1.54, 1.807) is 6.07 Å². The lowest BCUT2D eigenvalue weighted by molar-refractivity contribution is 0.218. The van der Waals surface area contributed by atoms with E-state index in [-0.39, 0.29) is 23.5 Å². The summed E-state index contributed by atoms with van der Waals surface area (Å²) in [7, 11) is -8.22. The van der Waals surface area contributed by atoms with Crippen LogP contribution in [0.2, 0.25) is 0 Å². The fourth-order valence-electron chi connectivity index (χ4n) is 1.93. The van der Waals surface area contributed by atoms with E-state index in [4.69, 9.17) is 17.5 Å². The highest BCUT2D eigenvalue weighted by Gasteiger charge is 2.19. The molecule has 0 saturated carbocycles. The standard InChI is InChI=1S/C16H20N2O3S.H2O4S/c1-16(2,12-19)14-7-5-13(6-8-14)10-18-22(20,21)15-4-3-9-17-11-15;1-5(2,3)4/h3-9,11,18-19H,10,12H2,1-2H3;(H2,1,2,3,4). The number of aromatic nitrogens is 1. The molecule has 0 aliphatic carbocycles. The van der Waals surface area contributed by atoms with Crippen LogP contribution in [0, 0.1) is 0 Å². The van der Waals surface area contributed by atoms with Gasteiger partial charge in [0.05, 0.1) is 6.61 Å². The average Bonchev–Trinajstić information content (AvgIpc) is 2.60. The summed E-state index contributed by atoms with van der Waals surface area (Å²) < 4.78 is 58.3. The SMILES string of the molecule is CC(C)(CO)c1ccc(CNS(=O)(=O)c2cccnc2)cc1.O=S(=O)(O)O. The van der Waals surface area contributed by atoms with Crippen LogP contribution < -0.4 is 4.72 Å². The van der Waals surface area contributed by atoms with Crippen molar-refractivity contribution in [3.63, 3.8) is 0 Å². The third kappa shape index (κ3) is 8.56. The lowest BCUT2D eigenvalue weighted by Gasteiger charge is -2.22. The zero-order valence-electron chi connectivity index (χ0n) is 14.8. The Morgan fingerprint density at radius 2 is 1.59 bits per heavy atom. The Kier molecular flexibility index (Phi) is 8.02. The average molecular weight is 418 g/mol. The molecule has 0 bridgehead atoms. The van der Waals surface area contributed by atoms with Gasteiger partial charge in [-0.3, -0.25) is 14.1 Å². The Labute approximate surface area is 158 Å². The van der Waals surface area contributed by atoms with Crippen LogP contribution in [0.3, 0.4) is 0 Å². The van der Waals surface area contributed by atoms with E-state index in [1.807, 2.05) is 38.1 Å². The molecule has 0 fully saturated rings. The normalized spacial score (nSPS) is 12.2. The van der Waals surface area contributed by atoms with Gasteiger partial charge in [-0.15, -0.1) is 0 Å². The van der Waals surface area contributed by atoms with E-state index in [9.17, 15) is 13.5 Å². The largest absolute Gasteiger partial charge is 0.395 e. The maximum Gasteiger partial charge on any atom is 0.394 e. The Hall–Kier alpha value is -1.89. The van der Waals surface area contributed by atoms with Crippen molar-refractivity contribution in [1.29, 1.82) is 0 Å². The summed E-state index contributed by atoms with van der Waals surface area (Å²) >= 11 is 0. The Morgan fingerprint density at radius 1 is 1.04 bits per heavy atom. The maximum absolute atomic E-state index is 12.1. The third-order valence-corrected chi connectivity index (χ3v) is 4.93. The number of hydrogen-bond acceptors (Lipinski definition) is 6. The van der Waals surface area contributed by atoms with Gasteiger partial charge in [-0.05, 0) is 23.3 Å². The Morgan fingerprint density at radius 3 is 2.04 bits per heavy atom. The van der Waals surface area contributed by atoms with Crippen LogP contribution in [0.25, 0.3) is 0 Å². The number of aliphatic hydroxyl groups excluding tert-OH is 1. The highest BCUT2D eigenvalue weighted by molar-refractivity contribution is 7.89. The van der Waals surface area contributed by atoms with Crippen molar-refractivity contribution in [3.8, 4) is 0 Å². The van der Waals surface area contributed by atoms with Crippen LogP contribution in [0.15, 0.2) is 53.7 Å². The fourth-order valence-corrected chi connectivity index (χ4v) is 2.91. The molecule has 2 rings (SSSR count). The van der Waals surface area contributed by atoms with E-state index >= 15 is 0 Å². The Bertz CT molecular complexity index is 918. The van der Waals surface area contributed by atoms with Crippen LogP contribution in [-0.2, 0) is 32.4 Å². The maximum atomic E-state index is 12.1. The second-order valence-corrected chi connectivity index (χ2v) is 8.86. The number of aliphatic hydroxyl groups is 1. The van der Waals surface area contributed by atoms with Crippen LogP contribution >= 0.6 is 0 Å². The number of nitrogens with zero attached hydrogens (tertiary/aromatic N) is 1. The first kappa shape index (κ1) is 23.1. The van der Waals surface area contributed by atoms with Gasteiger partial charge in [0.25, 0.3) is 0 Å². The molecule has 0 aliphatic heterocycles. The monoisotopic (exact) mass is 418 g/mol. The van der Waals surface area contributed by atoms with Gasteiger partial charge in [-0.25, -0.2) is 13.1 Å². The zero-order chi connectivity index (χ0) is 20.7. The first-order chi connectivity index (χ1) is 12.3. The highest BCUT2D eigenvalue weighted by Crippen LogP contribution is 2.22. The van der Waals surface area contributed by atoms with E-state index in [2.05, 4.69) is 9.71 Å². The van der Waals surface area contributed by atoms with Gasteiger partial charge in [-0.2, -0.15) is 8.42 Å². The van der Waals surface area contributed by atoms with Crippen LogP contribution in [0.4, 0.5) is 0 Å². The molecule has 0 aliphatic rings. The van der Waals surface area contributed by atoms with Crippen molar-refractivity contribution in [3.05, 3.63) is 59.9 Å². The number of rotatable bonds is 6. The number of nitrogens with one attached hydrogen (secondary N) is 1. The van der Waals surface area contributed by atoms with Crippen molar-refractivity contribution in [2.75, 3.05) is 6.61 Å². The van der Waals surface area contributed by atoms with Gasteiger partial charge in [0.15, 0.2) is 0 Å². The second-order valence-electron chi connectivity index (χ2n) is 6.20. The highest BCUT2D eigenvalue weighted by atomic mass is 32.3. The topological polar surface area (TPSA) is 154 Å². The summed E-state index contributed by atoms with van der Waals surface area (Å²) in [4.78, 5) is 3.96. The fraction of sp³-hybridized carbons (Fsp3) is 0.312. The zero-order valence-corrected chi connectivity index (χ0v) is 16.4. The molecule has 0 spiro atoms. The van der Waals surface area contributed by atoms with Crippen molar-refractivity contribution >= 4 is 20.4 Å². The quantitative estimate of drug-likeness (QED) is 0.510. The molecule has 1 aromatic carbocycles. The first-order valence-corrected chi connectivity index (χ1v) is 10.5. The lowest BCUT2D eigenvalue weighted by Crippen LogP contribution is -2.24. The summed E-state index contributed by atoms with van der Waals surface area (Å²) in [6.45, 7) is 4.16. The summed E-state index contributed by atoms with van der Waals surface area (Å²) in [6, 6.07) is 10.6. The van der Waals surface area contributed by atoms with Crippen LogP contribution in [0.5, 0.6) is 0 Å². The van der Waals surface area contributed by atoms with Crippen molar-refractivity contribution in [2.45, 2.75) is 30.7 Å². The number of pyridine rings is 1. The minimum Gasteiger partial charge on any atom is -0.395 e. The summed E-state index contributed by atoms with van der Waals surface area (Å²) in [5, 5.41) is 9.36. The molecular formula is C16H22N2O7S2. The molecule has 0 saturated heterocycles. The van der Waals surface area contributed by atoms with Gasteiger partial charge in [-0.1, -0.05) is 38.1 Å². The third-order valence-electron chi connectivity index (χ3n) is 3.54. The summed E-state index contributed by atoms with van der Waals surface area (Å²) in [6.07, 6.45) is 2.84. The predicted octanol–water partition coefficient (Wildman–Crippen LogP) is 1.18. The van der Waals surface area contributed by atoms with Gasteiger partial charge < -0.3 is 5.11 Å². The predicted molar refractivity (Wildman–Crippen MR) is 99.0 cm³/mol. The van der Waals surface area contributed by atoms with Crippen LogP contribution in [-0.4, -0.2) is 42.6 Å². The number of sulfonamides is 1. The van der Waals surface area contributed by atoms with Gasteiger partial charge >= 0.3 is 10.4 Å². The molecule has 4 N–H and O–H groups in total. The summed E-state index contributed by atoms with van der Waals surface area (Å²) in [5.74, 6) is 0. The van der Waals surface area contributed by atoms with Crippen LogP contribution in [0.1, 0.15) is 25.0 Å². The molecule has 150 valence electrons. The van der Waals surface area contributed by atoms with E-state index in [0.29, 0.717) is 0 Å². The minimum atomic E-state index is -4.67. The van der Waals surface area contributed by atoms with E-state index in [0.717, 1.165) is 11.1 Å². The molecule has 0 unspecified atom stereocenters. The molecule has 11 heteroatoms. The molecule has 0 amide bonds. The van der Waals surface area contributed by atoms with E-state index in [1.165, 1.54) is 18.5 Å². The molecule has 0 atom stereocenters. The minimum absolute atomic E-state index is 0.0555. The van der Waals surface area contributed by atoms with Crippen molar-refractivity contribution in [1.82, 2.24) is 9.71 Å². The molecule has 1 heterocycles. The van der Waals surface area contributed by atoms with Gasteiger partial charge in [0, 0.05) is 24.4 Å². The van der Waals surface area contributed by atoms with E-state index < -0.39 is 20.4 Å². The lowest BCUT2D eigenvalue weighted by atomic mass is 9.85. The molecule has 0 radical (unpaired) electrons. The van der Waals surface area contributed by atoms with Gasteiger partial charge in [0.2, 0.25) is 10.0 Å². The molecule has 2 aromatic rings. The Balaban J connectivity index is 0.000000646. The molecule has 1 aromatic heterocycles. The molecule has 9 nitrogen and oxygen atoms in total. The second kappa shape index (κ2) is 9.35. The summed E-state index contributed by atoms with van der Waals surface area (Å²) in [5.41, 5.74) is 1.55. The first-order valence-electron chi connectivity index (χ1n) is 7.65.